The quantitative estimate of drug-likeness (QED) is 0.692. The zero-order chi connectivity index (χ0) is 10.8. The van der Waals surface area contributed by atoms with Gasteiger partial charge in [-0.15, -0.1) is 0 Å². The molecule has 2 unspecified atom stereocenters. The Kier molecular flexibility index (Phi) is 2.94. The standard InChI is InChI=1S/C13H18O2/c1-9-4-3-5-11(8-9)13(14)12-7-6-10(2)15-12/h6-7,9,11H,3-5,8H2,1-2H3. The minimum Gasteiger partial charge on any atom is -0.458 e. The number of carbonyl (C=O) groups excluding carboxylic acids is 1. The molecule has 82 valence electrons. The molecule has 2 nitrogen and oxygen atoms in total. The van der Waals surface area contributed by atoms with E-state index in [0.29, 0.717) is 11.7 Å². The molecule has 2 atom stereocenters. The maximum absolute atomic E-state index is 12.1. The molecule has 0 aliphatic heterocycles. The Balaban J connectivity index is 2.07. The van der Waals surface area contributed by atoms with Crippen LogP contribution in [0.15, 0.2) is 16.5 Å². The Morgan fingerprint density at radius 2 is 2.20 bits per heavy atom. The maximum atomic E-state index is 12.1. The lowest BCUT2D eigenvalue weighted by atomic mass is 9.80. The highest BCUT2D eigenvalue weighted by atomic mass is 16.3. The molecule has 2 heteroatoms. The monoisotopic (exact) mass is 206 g/mol. The number of ketones is 1. The van der Waals surface area contributed by atoms with Crippen molar-refractivity contribution in [3.8, 4) is 0 Å². The number of carbonyl (C=O) groups is 1. The average molecular weight is 206 g/mol. The minimum absolute atomic E-state index is 0.194. The molecule has 0 radical (unpaired) electrons. The zero-order valence-electron chi connectivity index (χ0n) is 9.45. The number of hydrogen-bond donors (Lipinski definition) is 0. The Bertz CT molecular complexity index is 351. The number of Topliss-reactive ketones (excluding diaryl/α,β-unsaturated/α-hetero) is 1. The maximum Gasteiger partial charge on any atom is 0.201 e. The van der Waals surface area contributed by atoms with Gasteiger partial charge in [-0.2, -0.15) is 0 Å². The molecule has 1 aromatic rings. The summed E-state index contributed by atoms with van der Waals surface area (Å²) in [6.45, 7) is 4.10. The van der Waals surface area contributed by atoms with Crippen LogP contribution in [0.25, 0.3) is 0 Å². The second-order valence-electron chi connectivity index (χ2n) is 4.74. The molecule has 0 amide bonds. The summed E-state index contributed by atoms with van der Waals surface area (Å²) in [4.78, 5) is 12.1. The van der Waals surface area contributed by atoms with Crippen molar-refractivity contribution in [1.82, 2.24) is 0 Å². The van der Waals surface area contributed by atoms with E-state index in [1.165, 1.54) is 12.8 Å². The van der Waals surface area contributed by atoms with Crippen molar-refractivity contribution in [1.29, 1.82) is 0 Å². The highest BCUT2D eigenvalue weighted by Crippen LogP contribution is 2.31. The van der Waals surface area contributed by atoms with E-state index < -0.39 is 0 Å². The van der Waals surface area contributed by atoms with Gasteiger partial charge in [0.25, 0.3) is 0 Å². The number of furan rings is 1. The number of hydrogen-bond acceptors (Lipinski definition) is 2. The van der Waals surface area contributed by atoms with Crippen LogP contribution in [0.1, 0.15) is 48.9 Å². The molecule has 1 aliphatic rings. The minimum atomic E-state index is 0.194. The predicted octanol–water partition coefficient (Wildman–Crippen LogP) is 3.60. The molecule has 0 N–H and O–H groups in total. The number of rotatable bonds is 2. The van der Waals surface area contributed by atoms with Crippen molar-refractivity contribution >= 4 is 5.78 Å². The summed E-state index contributed by atoms with van der Waals surface area (Å²) >= 11 is 0. The fourth-order valence-corrected chi connectivity index (χ4v) is 2.44. The summed E-state index contributed by atoms with van der Waals surface area (Å²) in [5, 5.41) is 0. The second kappa shape index (κ2) is 4.21. The first kappa shape index (κ1) is 10.5. The van der Waals surface area contributed by atoms with Gasteiger partial charge in [0, 0.05) is 5.92 Å². The molecule has 0 bridgehead atoms. The van der Waals surface area contributed by atoms with Gasteiger partial charge in [0.2, 0.25) is 5.78 Å². The third-order valence-electron chi connectivity index (χ3n) is 3.29. The van der Waals surface area contributed by atoms with Gasteiger partial charge in [-0.25, -0.2) is 0 Å². The average Bonchev–Trinajstić information content (AvgIpc) is 2.64. The van der Waals surface area contributed by atoms with Crippen molar-refractivity contribution in [2.24, 2.45) is 11.8 Å². The van der Waals surface area contributed by atoms with E-state index >= 15 is 0 Å². The smallest absolute Gasteiger partial charge is 0.201 e. The molecule has 0 aromatic carbocycles. The van der Waals surface area contributed by atoms with E-state index in [-0.39, 0.29) is 11.7 Å². The third-order valence-corrected chi connectivity index (χ3v) is 3.29. The topological polar surface area (TPSA) is 30.2 Å². The van der Waals surface area contributed by atoms with Crippen molar-refractivity contribution in [2.45, 2.75) is 39.5 Å². The zero-order valence-corrected chi connectivity index (χ0v) is 9.45. The van der Waals surface area contributed by atoms with Crippen LogP contribution >= 0.6 is 0 Å². The molecule has 1 saturated carbocycles. The first-order chi connectivity index (χ1) is 7.16. The van der Waals surface area contributed by atoms with Gasteiger partial charge < -0.3 is 4.42 Å². The Morgan fingerprint density at radius 3 is 2.80 bits per heavy atom. The fourth-order valence-electron chi connectivity index (χ4n) is 2.44. The Morgan fingerprint density at radius 1 is 1.40 bits per heavy atom. The van der Waals surface area contributed by atoms with Crippen molar-refractivity contribution in [3.05, 3.63) is 23.7 Å². The first-order valence-electron chi connectivity index (χ1n) is 5.77. The SMILES string of the molecule is Cc1ccc(C(=O)C2CCCC(C)C2)o1. The van der Waals surface area contributed by atoms with Crippen LogP contribution in [0.4, 0.5) is 0 Å². The summed E-state index contributed by atoms with van der Waals surface area (Å²) in [6, 6.07) is 3.66. The Hall–Kier alpha value is -1.05. The van der Waals surface area contributed by atoms with E-state index in [2.05, 4.69) is 6.92 Å². The van der Waals surface area contributed by atoms with Gasteiger partial charge in [-0.05, 0) is 37.8 Å². The van der Waals surface area contributed by atoms with Gasteiger partial charge in [0.15, 0.2) is 5.76 Å². The van der Waals surface area contributed by atoms with Crippen LogP contribution in [-0.4, -0.2) is 5.78 Å². The molecule has 1 heterocycles. The van der Waals surface area contributed by atoms with Gasteiger partial charge in [0.1, 0.15) is 5.76 Å². The summed E-state index contributed by atoms with van der Waals surface area (Å²) in [5.41, 5.74) is 0. The van der Waals surface area contributed by atoms with Crippen LogP contribution in [0, 0.1) is 18.8 Å². The molecule has 2 rings (SSSR count). The Labute approximate surface area is 90.7 Å². The van der Waals surface area contributed by atoms with E-state index in [0.717, 1.165) is 18.6 Å². The van der Waals surface area contributed by atoms with Crippen LogP contribution < -0.4 is 0 Å². The molecule has 1 fully saturated rings. The molecule has 1 aromatic heterocycles. The molecule has 0 saturated heterocycles. The molecular formula is C13H18O2. The lowest BCUT2D eigenvalue weighted by Gasteiger charge is -2.24. The van der Waals surface area contributed by atoms with Crippen molar-refractivity contribution in [3.63, 3.8) is 0 Å². The second-order valence-corrected chi connectivity index (χ2v) is 4.74. The molecule has 1 aliphatic carbocycles. The summed E-state index contributed by atoms with van der Waals surface area (Å²) in [5.74, 6) is 2.45. The summed E-state index contributed by atoms with van der Waals surface area (Å²) in [7, 11) is 0. The third kappa shape index (κ3) is 2.31. The van der Waals surface area contributed by atoms with Crippen LogP contribution in [0.2, 0.25) is 0 Å². The van der Waals surface area contributed by atoms with E-state index in [9.17, 15) is 4.79 Å². The normalized spacial score (nSPS) is 26.5. The van der Waals surface area contributed by atoms with E-state index in [4.69, 9.17) is 4.42 Å². The van der Waals surface area contributed by atoms with E-state index in [1.807, 2.05) is 13.0 Å². The van der Waals surface area contributed by atoms with E-state index in [1.54, 1.807) is 6.07 Å². The summed E-state index contributed by atoms with van der Waals surface area (Å²) in [6.07, 6.45) is 4.50. The molecule has 0 spiro atoms. The lowest BCUT2D eigenvalue weighted by Crippen LogP contribution is -2.21. The van der Waals surface area contributed by atoms with Crippen molar-refractivity contribution in [2.75, 3.05) is 0 Å². The number of aryl methyl sites for hydroxylation is 1. The predicted molar refractivity (Wildman–Crippen MR) is 58.9 cm³/mol. The lowest BCUT2D eigenvalue weighted by molar-refractivity contribution is 0.0838. The van der Waals surface area contributed by atoms with Crippen molar-refractivity contribution < 1.29 is 9.21 Å². The molecular weight excluding hydrogens is 188 g/mol. The van der Waals surface area contributed by atoms with Gasteiger partial charge in [-0.1, -0.05) is 19.8 Å². The van der Waals surface area contributed by atoms with Crippen LogP contribution in [-0.2, 0) is 0 Å². The highest BCUT2D eigenvalue weighted by molar-refractivity contribution is 5.95. The van der Waals surface area contributed by atoms with Gasteiger partial charge >= 0.3 is 0 Å². The largest absolute Gasteiger partial charge is 0.458 e. The van der Waals surface area contributed by atoms with Crippen LogP contribution in [0.3, 0.4) is 0 Å². The van der Waals surface area contributed by atoms with Gasteiger partial charge in [-0.3, -0.25) is 4.79 Å². The van der Waals surface area contributed by atoms with Crippen LogP contribution in [0.5, 0.6) is 0 Å². The first-order valence-corrected chi connectivity index (χ1v) is 5.77. The molecule has 15 heavy (non-hydrogen) atoms. The highest BCUT2D eigenvalue weighted by Gasteiger charge is 2.27. The fraction of sp³-hybridized carbons (Fsp3) is 0.615. The van der Waals surface area contributed by atoms with Gasteiger partial charge in [0.05, 0.1) is 0 Å². The summed E-state index contributed by atoms with van der Waals surface area (Å²) < 4.78 is 5.38.